The van der Waals surface area contributed by atoms with Gasteiger partial charge < -0.3 is 11.1 Å². The Bertz CT molecular complexity index is 1100. The molecule has 0 spiro atoms. The molecule has 0 saturated carbocycles. The molecule has 0 radical (unpaired) electrons. The van der Waals surface area contributed by atoms with Crippen LogP contribution in [-0.2, 0) is 21.1 Å². The van der Waals surface area contributed by atoms with Gasteiger partial charge in [-0.05, 0) is 36.2 Å². The molecular formula is C20H20N4O3S2. The lowest BCUT2D eigenvalue weighted by Crippen LogP contribution is -2.14. The topological polar surface area (TPSA) is 115 Å². The van der Waals surface area contributed by atoms with Gasteiger partial charge in [-0.15, -0.1) is 0 Å². The van der Waals surface area contributed by atoms with Gasteiger partial charge >= 0.3 is 0 Å². The van der Waals surface area contributed by atoms with Crippen molar-refractivity contribution >= 4 is 39.0 Å². The maximum atomic E-state index is 12.6. The van der Waals surface area contributed by atoms with E-state index in [0.717, 1.165) is 18.2 Å². The maximum Gasteiger partial charge on any atom is 0.234 e. The first kappa shape index (κ1) is 20.8. The van der Waals surface area contributed by atoms with E-state index >= 15 is 0 Å². The van der Waals surface area contributed by atoms with Crippen molar-refractivity contribution < 1.29 is 13.2 Å². The van der Waals surface area contributed by atoms with Crippen molar-refractivity contribution in [2.75, 3.05) is 16.8 Å². The average molecular weight is 429 g/mol. The molecule has 0 fully saturated rings. The van der Waals surface area contributed by atoms with Crippen LogP contribution < -0.4 is 11.1 Å². The lowest BCUT2D eigenvalue weighted by molar-refractivity contribution is -0.113. The Hall–Kier alpha value is -2.91. The zero-order chi connectivity index (χ0) is 20.9. The number of thioether (sulfide) groups is 1. The third kappa shape index (κ3) is 5.12. The molecule has 0 aliphatic heterocycles. The minimum Gasteiger partial charge on any atom is -0.382 e. The van der Waals surface area contributed by atoms with Crippen LogP contribution in [0.4, 0.5) is 11.5 Å². The number of hydrogen-bond acceptors (Lipinski definition) is 7. The molecule has 2 aromatic carbocycles. The number of sulfone groups is 1. The highest BCUT2D eigenvalue weighted by Gasteiger charge is 2.22. The van der Waals surface area contributed by atoms with E-state index in [2.05, 4.69) is 22.2 Å². The third-order valence-electron chi connectivity index (χ3n) is 4.08. The van der Waals surface area contributed by atoms with Crippen LogP contribution in [0.5, 0.6) is 0 Å². The number of nitrogens with two attached hydrogens (primary N) is 1. The van der Waals surface area contributed by atoms with Gasteiger partial charge in [0, 0.05) is 5.69 Å². The molecule has 7 nitrogen and oxygen atoms in total. The number of nitrogen functional groups attached to an aromatic ring is 1. The molecule has 0 saturated heterocycles. The lowest BCUT2D eigenvalue weighted by Gasteiger charge is -2.08. The Kier molecular flexibility index (Phi) is 6.50. The number of benzene rings is 2. The van der Waals surface area contributed by atoms with Crippen molar-refractivity contribution in [3.63, 3.8) is 0 Å². The highest BCUT2D eigenvalue weighted by Crippen LogP contribution is 2.25. The highest BCUT2D eigenvalue weighted by atomic mass is 32.2. The van der Waals surface area contributed by atoms with E-state index in [9.17, 15) is 13.2 Å². The minimum atomic E-state index is -3.80. The molecule has 1 heterocycles. The van der Waals surface area contributed by atoms with E-state index < -0.39 is 9.84 Å². The van der Waals surface area contributed by atoms with Crippen molar-refractivity contribution in [1.29, 1.82) is 0 Å². The maximum absolute atomic E-state index is 12.6. The second-order valence-electron chi connectivity index (χ2n) is 6.11. The van der Waals surface area contributed by atoms with Crippen LogP contribution in [0.3, 0.4) is 0 Å². The van der Waals surface area contributed by atoms with Gasteiger partial charge in [-0.3, -0.25) is 4.79 Å². The molecule has 3 rings (SSSR count). The van der Waals surface area contributed by atoms with Crippen LogP contribution in [0, 0.1) is 0 Å². The number of carbonyl (C=O) groups is 1. The van der Waals surface area contributed by atoms with Gasteiger partial charge in [-0.2, -0.15) is 0 Å². The molecule has 150 valence electrons. The summed E-state index contributed by atoms with van der Waals surface area (Å²) in [6.45, 7) is 2.06. The summed E-state index contributed by atoms with van der Waals surface area (Å²) in [5.41, 5.74) is 7.75. The molecule has 0 bridgehead atoms. The Balaban J connectivity index is 1.65. The molecule has 29 heavy (non-hydrogen) atoms. The number of aryl methyl sites for hydroxylation is 1. The van der Waals surface area contributed by atoms with Crippen LogP contribution in [0.25, 0.3) is 0 Å². The predicted octanol–water partition coefficient (Wildman–Crippen LogP) is 3.18. The van der Waals surface area contributed by atoms with E-state index in [4.69, 9.17) is 5.73 Å². The van der Waals surface area contributed by atoms with Crippen LogP contribution in [-0.4, -0.2) is 30.0 Å². The number of rotatable bonds is 7. The summed E-state index contributed by atoms with van der Waals surface area (Å²) >= 11 is 1.08. The molecule has 0 aliphatic carbocycles. The summed E-state index contributed by atoms with van der Waals surface area (Å²) in [7, 11) is -3.80. The largest absolute Gasteiger partial charge is 0.382 e. The summed E-state index contributed by atoms with van der Waals surface area (Å²) in [4.78, 5) is 20.2. The first-order valence-electron chi connectivity index (χ1n) is 8.84. The van der Waals surface area contributed by atoms with Gasteiger partial charge in [0.25, 0.3) is 0 Å². The number of amides is 1. The fraction of sp³-hybridized carbons (Fsp3) is 0.150. The molecular weight excluding hydrogens is 408 g/mol. The van der Waals surface area contributed by atoms with Gasteiger partial charge in [0.1, 0.15) is 10.7 Å². The summed E-state index contributed by atoms with van der Waals surface area (Å²) in [5, 5.41) is 3.02. The second-order valence-corrected chi connectivity index (χ2v) is 8.97. The van der Waals surface area contributed by atoms with Crippen molar-refractivity contribution in [2.24, 2.45) is 0 Å². The van der Waals surface area contributed by atoms with Crippen LogP contribution in [0.2, 0.25) is 0 Å². The fourth-order valence-electron chi connectivity index (χ4n) is 2.52. The second kappa shape index (κ2) is 9.06. The highest BCUT2D eigenvalue weighted by molar-refractivity contribution is 7.99. The quantitative estimate of drug-likeness (QED) is 0.439. The number of anilines is 2. The van der Waals surface area contributed by atoms with Crippen molar-refractivity contribution in [1.82, 2.24) is 9.97 Å². The van der Waals surface area contributed by atoms with E-state index in [0.29, 0.717) is 5.69 Å². The summed E-state index contributed by atoms with van der Waals surface area (Å²) in [6, 6.07) is 15.5. The van der Waals surface area contributed by atoms with Crippen molar-refractivity contribution in [2.45, 2.75) is 28.3 Å². The predicted molar refractivity (Wildman–Crippen MR) is 114 cm³/mol. The monoisotopic (exact) mass is 428 g/mol. The van der Waals surface area contributed by atoms with Gasteiger partial charge in [-0.25, -0.2) is 18.4 Å². The minimum absolute atomic E-state index is 0.0692. The Labute approximate surface area is 173 Å². The summed E-state index contributed by atoms with van der Waals surface area (Å²) < 4.78 is 25.3. The lowest BCUT2D eigenvalue weighted by atomic mass is 10.1. The Morgan fingerprint density at radius 2 is 1.79 bits per heavy atom. The smallest absolute Gasteiger partial charge is 0.234 e. The number of carbonyl (C=O) groups excluding carboxylic acids is 1. The van der Waals surface area contributed by atoms with Crippen LogP contribution in [0.1, 0.15) is 12.5 Å². The molecule has 1 aromatic heterocycles. The zero-order valence-corrected chi connectivity index (χ0v) is 17.3. The van der Waals surface area contributed by atoms with E-state index in [1.807, 2.05) is 24.3 Å². The van der Waals surface area contributed by atoms with E-state index in [1.54, 1.807) is 18.2 Å². The number of nitrogens with zero attached hydrogens (tertiary/aromatic N) is 2. The summed E-state index contributed by atoms with van der Waals surface area (Å²) in [5.74, 6) is -0.302. The fourth-order valence-corrected chi connectivity index (χ4v) is 4.43. The van der Waals surface area contributed by atoms with Crippen molar-refractivity contribution in [3.05, 3.63) is 66.4 Å². The summed E-state index contributed by atoms with van der Waals surface area (Å²) in [6.07, 6.45) is 2.10. The normalized spacial score (nSPS) is 11.2. The molecule has 3 aromatic rings. The number of hydrogen-bond donors (Lipinski definition) is 2. The Morgan fingerprint density at radius 3 is 2.41 bits per heavy atom. The SMILES string of the molecule is CCc1ccc(NC(=O)CSc2ncc(S(=O)(=O)c3ccccc3)c(N)n2)cc1. The Morgan fingerprint density at radius 1 is 1.10 bits per heavy atom. The van der Waals surface area contributed by atoms with Crippen LogP contribution in [0.15, 0.2) is 75.7 Å². The molecule has 9 heteroatoms. The standard InChI is InChI=1S/C20H20N4O3S2/c1-2-14-8-10-15(11-9-14)23-18(25)13-28-20-22-12-17(19(21)24-20)29(26,27)16-6-4-3-5-7-16/h3-12H,2,13H2,1H3,(H,23,25)(H2,21,22,24). The van der Waals surface area contributed by atoms with E-state index in [1.165, 1.54) is 23.9 Å². The molecule has 1 amide bonds. The van der Waals surface area contributed by atoms with Gasteiger partial charge in [0.05, 0.1) is 16.8 Å². The molecule has 0 atom stereocenters. The third-order valence-corrected chi connectivity index (χ3v) is 6.73. The zero-order valence-electron chi connectivity index (χ0n) is 15.7. The average Bonchev–Trinajstić information content (AvgIpc) is 2.73. The van der Waals surface area contributed by atoms with E-state index in [-0.39, 0.29) is 32.4 Å². The number of nitrogens with one attached hydrogen (secondary N) is 1. The number of aromatic nitrogens is 2. The first-order valence-corrected chi connectivity index (χ1v) is 11.3. The molecule has 3 N–H and O–H groups in total. The van der Waals surface area contributed by atoms with Crippen LogP contribution >= 0.6 is 11.8 Å². The first-order chi connectivity index (χ1) is 13.9. The van der Waals surface area contributed by atoms with Gasteiger partial charge in [-0.1, -0.05) is 49.0 Å². The molecule has 0 aliphatic rings. The van der Waals surface area contributed by atoms with Gasteiger partial charge in [0.2, 0.25) is 15.7 Å². The van der Waals surface area contributed by atoms with Gasteiger partial charge in [0.15, 0.2) is 5.16 Å². The molecule has 0 unspecified atom stereocenters. The van der Waals surface area contributed by atoms with Crippen molar-refractivity contribution in [3.8, 4) is 0 Å².